The van der Waals surface area contributed by atoms with Crippen molar-refractivity contribution in [3.8, 4) is 0 Å². The smallest absolute Gasteiger partial charge is 0.336 e. The Labute approximate surface area is 174 Å². The van der Waals surface area contributed by atoms with Crippen molar-refractivity contribution >= 4 is 28.4 Å². The van der Waals surface area contributed by atoms with Crippen LogP contribution in [-0.2, 0) is 5.75 Å². The van der Waals surface area contributed by atoms with Gasteiger partial charge in [0.15, 0.2) is 0 Å². The fourth-order valence-electron chi connectivity index (χ4n) is 3.49. The molecule has 0 radical (unpaired) electrons. The third kappa shape index (κ3) is 7.90. The van der Waals surface area contributed by atoms with Gasteiger partial charge in [0.2, 0.25) is 0 Å². The molecule has 1 heterocycles. The zero-order chi connectivity index (χ0) is 20.2. The molecule has 0 spiro atoms. The Bertz CT molecular complexity index is 754. The molecule has 0 atom stereocenters. The minimum Gasteiger partial charge on any atom is -0.423 e. The van der Waals surface area contributed by atoms with Crippen LogP contribution in [0, 0.1) is 0 Å². The fourth-order valence-corrected chi connectivity index (χ4v) is 4.50. The van der Waals surface area contributed by atoms with Crippen LogP contribution in [0.1, 0.15) is 76.7 Å². The quantitative estimate of drug-likeness (QED) is 0.251. The Balaban J connectivity index is 1.68. The van der Waals surface area contributed by atoms with Gasteiger partial charge in [0, 0.05) is 43.1 Å². The maximum Gasteiger partial charge on any atom is 0.336 e. The summed E-state index contributed by atoms with van der Waals surface area (Å²) in [6, 6.07) is 7.76. The van der Waals surface area contributed by atoms with Crippen LogP contribution >= 0.6 is 11.8 Å². The van der Waals surface area contributed by atoms with Gasteiger partial charge in [0.1, 0.15) is 5.58 Å². The first-order valence-electron chi connectivity index (χ1n) is 10.9. The Morgan fingerprint density at radius 3 is 2.18 bits per heavy atom. The van der Waals surface area contributed by atoms with Crippen molar-refractivity contribution < 1.29 is 4.42 Å². The van der Waals surface area contributed by atoms with Crippen LogP contribution in [0.25, 0.3) is 11.0 Å². The molecule has 3 nitrogen and oxygen atoms in total. The summed E-state index contributed by atoms with van der Waals surface area (Å²) in [7, 11) is 3.98. The van der Waals surface area contributed by atoms with Crippen molar-refractivity contribution in [3.63, 3.8) is 0 Å². The molecule has 0 bridgehead atoms. The fraction of sp³-hybridized carbons (Fsp3) is 0.625. The maximum atomic E-state index is 11.9. The zero-order valence-electron chi connectivity index (χ0n) is 18.0. The number of hydrogen-bond donors (Lipinski definition) is 0. The first kappa shape index (κ1) is 22.9. The van der Waals surface area contributed by atoms with E-state index in [4.69, 9.17) is 4.42 Å². The molecule has 0 aliphatic carbocycles. The van der Waals surface area contributed by atoms with Crippen molar-refractivity contribution in [2.75, 3.05) is 24.7 Å². The molecule has 0 amide bonds. The molecule has 2 aromatic rings. The summed E-state index contributed by atoms with van der Waals surface area (Å²) in [5, 5.41) is 1.06. The lowest BCUT2D eigenvalue weighted by atomic mass is 10.1. The molecule has 4 heteroatoms. The van der Waals surface area contributed by atoms with E-state index in [9.17, 15) is 4.79 Å². The second-order valence-electron chi connectivity index (χ2n) is 7.90. The summed E-state index contributed by atoms with van der Waals surface area (Å²) in [4.78, 5) is 13.9. The molecule has 0 saturated heterocycles. The van der Waals surface area contributed by atoms with Gasteiger partial charge < -0.3 is 9.32 Å². The van der Waals surface area contributed by atoms with Crippen molar-refractivity contribution in [2.24, 2.45) is 0 Å². The topological polar surface area (TPSA) is 33.5 Å². The van der Waals surface area contributed by atoms with Crippen LogP contribution in [-0.4, -0.2) is 19.8 Å². The van der Waals surface area contributed by atoms with Gasteiger partial charge in [0.25, 0.3) is 0 Å². The standard InChI is InChI=1S/C24H37NO2S/c1-4-5-6-7-8-9-10-11-12-13-16-28-19-20-17-24(26)27-23-18-21(25(2)3)14-15-22(20)23/h14-15,17-18H,4-13,16,19H2,1-3H3. The number of rotatable bonds is 14. The normalized spacial score (nSPS) is 11.2. The van der Waals surface area contributed by atoms with E-state index in [1.54, 1.807) is 6.07 Å². The minimum atomic E-state index is -0.252. The van der Waals surface area contributed by atoms with Gasteiger partial charge in [-0.2, -0.15) is 11.8 Å². The van der Waals surface area contributed by atoms with Crippen LogP contribution in [0.2, 0.25) is 0 Å². The first-order valence-corrected chi connectivity index (χ1v) is 12.1. The molecule has 0 unspecified atom stereocenters. The van der Waals surface area contributed by atoms with E-state index in [1.165, 1.54) is 64.2 Å². The molecule has 0 N–H and O–H groups in total. The number of thioether (sulfide) groups is 1. The van der Waals surface area contributed by atoms with Crippen molar-refractivity contribution in [1.29, 1.82) is 0 Å². The summed E-state index contributed by atoms with van der Waals surface area (Å²) in [6.07, 6.45) is 13.7. The molecular formula is C24H37NO2S. The summed E-state index contributed by atoms with van der Waals surface area (Å²) in [5.74, 6) is 2.04. The minimum absolute atomic E-state index is 0.252. The number of fused-ring (bicyclic) bond motifs is 1. The van der Waals surface area contributed by atoms with Gasteiger partial charge in [-0.1, -0.05) is 64.7 Å². The molecule has 28 heavy (non-hydrogen) atoms. The molecule has 0 saturated carbocycles. The number of benzene rings is 1. The monoisotopic (exact) mass is 403 g/mol. The average Bonchev–Trinajstić information content (AvgIpc) is 2.68. The lowest BCUT2D eigenvalue weighted by Gasteiger charge is -2.13. The molecule has 0 fully saturated rings. The molecule has 0 aliphatic rings. The molecule has 156 valence electrons. The highest BCUT2D eigenvalue weighted by Gasteiger charge is 2.07. The van der Waals surface area contributed by atoms with E-state index in [1.807, 2.05) is 36.8 Å². The summed E-state index contributed by atoms with van der Waals surface area (Å²) in [5.41, 5.74) is 2.57. The highest BCUT2D eigenvalue weighted by molar-refractivity contribution is 7.98. The lowest BCUT2D eigenvalue weighted by Crippen LogP contribution is -2.08. The Hall–Kier alpha value is -1.42. The van der Waals surface area contributed by atoms with Crippen LogP contribution in [0.3, 0.4) is 0 Å². The average molecular weight is 404 g/mol. The summed E-state index contributed by atoms with van der Waals surface area (Å²) < 4.78 is 5.41. The number of hydrogen-bond acceptors (Lipinski definition) is 4. The van der Waals surface area contributed by atoms with Crippen LogP contribution in [0.15, 0.2) is 33.5 Å². The third-order valence-corrected chi connectivity index (χ3v) is 6.32. The van der Waals surface area contributed by atoms with Crippen LogP contribution in [0.5, 0.6) is 0 Å². The van der Waals surface area contributed by atoms with Crippen molar-refractivity contribution in [2.45, 2.75) is 76.9 Å². The van der Waals surface area contributed by atoms with E-state index >= 15 is 0 Å². The van der Waals surface area contributed by atoms with E-state index in [0.717, 1.165) is 28.1 Å². The molecule has 0 aliphatic heterocycles. The highest BCUT2D eigenvalue weighted by atomic mass is 32.2. The molecule has 2 rings (SSSR count). The van der Waals surface area contributed by atoms with Crippen LogP contribution in [0.4, 0.5) is 5.69 Å². The van der Waals surface area contributed by atoms with Gasteiger partial charge >= 0.3 is 5.63 Å². The van der Waals surface area contributed by atoms with Crippen LogP contribution < -0.4 is 10.5 Å². The Morgan fingerprint density at radius 2 is 1.54 bits per heavy atom. The summed E-state index contributed by atoms with van der Waals surface area (Å²) >= 11 is 1.93. The predicted molar refractivity (Wildman–Crippen MR) is 125 cm³/mol. The number of nitrogens with zero attached hydrogens (tertiary/aromatic N) is 1. The second kappa shape index (κ2) is 12.9. The first-order chi connectivity index (χ1) is 13.6. The zero-order valence-corrected chi connectivity index (χ0v) is 18.8. The Kier molecular flexibility index (Phi) is 10.6. The third-order valence-electron chi connectivity index (χ3n) is 5.23. The largest absolute Gasteiger partial charge is 0.423 e. The van der Waals surface area contributed by atoms with Crippen molar-refractivity contribution in [3.05, 3.63) is 40.2 Å². The van der Waals surface area contributed by atoms with Gasteiger partial charge in [-0.05, 0) is 29.9 Å². The second-order valence-corrected chi connectivity index (χ2v) is 9.01. The number of anilines is 1. The summed E-state index contributed by atoms with van der Waals surface area (Å²) in [6.45, 7) is 2.27. The van der Waals surface area contributed by atoms with Crippen molar-refractivity contribution in [1.82, 2.24) is 0 Å². The van der Waals surface area contributed by atoms with E-state index in [2.05, 4.69) is 19.1 Å². The highest BCUT2D eigenvalue weighted by Crippen LogP contribution is 2.25. The lowest BCUT2D eigenvalue weighted by molar-refractivity contribution is 0.559. The molecule has 1 aromatic heterocycles. The number of unbranched alkanes of at least 4 members (excludes halogenated alkanes) is 9. The van der Waals surface area contributed by atoms with Gasteiger partial charge in [0.05, 0.1) is 0 Å². The predicted octanol–water partition coefficient (Wildman–Crippen LogP) is 7.01. The van der Waals surface area contributed by atoms with E-state index < -0.39 is 0 Å². The SMILES string of the molecule is CCCCCCCCCCCCSCc1cc(=O)oc2cc(N(C)C)ccc12. The van der Waals surface area contributed by atoms with Gasteiger partial charge in [-0.15, -0.1) is 0 Å². The van der Waals surface area contributed by atoms with E-state index in [0.29, 0.717) is 5.58 Å². The van der Waals surface area contributed by atoms with Gasteiger partial charge in [-0.25, -0.2) is 4.79 Å². The van der Waals surface area contributed by atoms with E-state index in [-0.39, 0.29) is 5.63 Å². The maximum absolute atomic E-state index is 11.9. The van der Waals surface area contributed by atoms with Gasteiger partial charge in [-0.3, -0.25) is 0 Å². The molecule has 1 aromatic carbocycles. The molecular weight excluding hydrogens is 366 g/mol. The Morgan fingerprint density at radius 1 is 0.893 bits per heavy atom.